The van der Waals surface area contributed by atoms with Gasteiger partial charge in [0.2, 0.25) is 5.91 Å². The first kappa shape index (κ1) is 11.9. The minimum atomic E-state index is -0.526. The first-order valence-electron chi connectivity index (χ1n) is 4.74. The summed E-state index contributed by atoms with van der Waals surface area (Å²) < 4.78 is 13.0. The SMILES string of the molecule is CC(=O)NCC=Cc1ccc(F)c(C#N)c1. The van der Waals surface area contributed by atoms with Crippen LogP contribution in [-0.4, -0.2) is 12.5 Å². The van der Waals surface area contributed by atoms with Crippen LogP contribution in [0.25, 0.3) is 6.08 Å². The van der Waals surface area contributed by atoms with Gasteiger partial charge in [-0.15, -0.1) is 0 Å². The van der Waals surface area contributed by atoms with E-state index >= 15 is 0 Å². The van der Waals surface area contributed by atoms with E-state index < -0.39 is 5.82 Å². The average Bonchev–Trinajstić information content (AvgIpc) is 2.26. The lowest BCUT2D eigenvalue weighted by atomic mass is 10.1. The number of hydrogen-bond donors (Lipinski definition) is 1. The van der Waals surface area contributed by atoms with Crippen LogP contribution < -0.4 is 5.32 Å². The van der Waals surface area contributed by atoms with Gasteiger partial charge in [0, 0.05) is 13.5 Å². The van der Waals surface area contributed by atoms with Crippen LogP contribution in [0.4, 0.5) is 4.39 Å². The Kier molecular flexibility index (Phi) is 4.22. The maximum Gasteiger partial charge on any atom is 0.217 e. The van der Waals surface area contributed by atoms with Crippen LogP contribution in [0.2, 0.25) is 0 Å². The summed E-state index contributed by atoms with van der Waals surface area (Å²) in [6, 6.07) is 6.04. The summed E-state index contributed by atoms with van der Waals surface area (Å²) in [6.07, 6.45) is 3.45. The molecule has 0 atom stereocenters. The molecule has 0 spiro atoms. The van der Waals surface area contributed by atoms with Gasteiger partial charge >= 0.3 is 0 Å². The lowest BCUT2D eigenvalue weighted by molar-refractivity contribution is -0.118. The van der Waals surface area contributed by atoms with Crippen LogP contribution in [0.1, 0.15) is 18.1 Å². The van der Waals surface area contributed by atoms with E-state index in [0.29, 0.717) is 6.54 Å². The number of hydrogen-bond acceptors (Lipinski definition) is 2. The molecule has 0 saturated heterocycles. The summed E-state index contributed by atoms with van der Waals surface area (Å²) in [7, 11) is 0. The van der Waals surface area contributed by atoms with Crippen LogP contribution >= 0.6 is 0 Å². The second-order valence-electron chi connectivity index (χ2n) is 3.19. The van der Waals surface area contributed by atoms with E-state index in [4.69, 9.17) is 5.26 Å². The number of nitrogens with one attached hydrogen (secondary N) is 1. The van der Waals surface area contributed by atoms with Crippen molar-refractivity contribution in [3.8, 4) is 6.07 Å². The molecule has 0 aromatic heterocycles. The molecule has 0 saturated carbocycles. The van der Waals surface area contributed by atoms with Crippen LogP contribution in [0.15, 0.2) is 24.3 Å². The monoisotopic (exact) mass is 218 g/mol. The minimum Gasteiger partial charge on any atom is -0.353 e. The van der Waals surface area contributed by atoms with E-state index in [-0.39, 0.29) is 11.5 Å². The maximum atomic E-state index is 13.0. The van der Waals surface area contributed by atoms with Crippen molar-refractivity contribution in [1.82, 2.24) is 5.32 Å². The van der Waals surface area contributed by atoms with Crippen LogP contribution in [0, 0.1) is 17.1 Å². The van der Waals surface area contributed by atoms with E-state index in [9.17, 15) is 9.18 Å². The van der Waals surface area contributed by atoms with Crippen LogP contribution in [0.3, 0.4) is 0 Å². The molecule has 3 nitrogen and oxygen atoms in total. The largest absolute Gasteiger partial charge is 0.353 e. The molecule has 0 unspecified atom stereocenters. The predicted molar refractivity (Wildman–Crippen MR) is 58.8 cm³/mol. The van der Waals surface area contributed by atoms with Gasteiger partial charge in [-0.25, -0.2) is 4.39 Å². The summed E-state index contributed by atoms with van der Waals surface area (Å²) in [5.74, 6) is -0.636. The zero-order valence-corrected chi connectivity index (χ0v) is 8.83. The zero-order chi connectivity index (χ0) is 12.0. The smallest absolute Gasteiger partial charge is 0.217 e. The molecule has 0 aliphatic heterocycles. The fourth-order valence-electron chi connectivity index (χ4n) is 1.13. The number of benzene rings is 1. The van der Waals surface area contributed by atoms with Crippen molar-refractivity contribution in [3.05, 3.63) is 41.2 Å². The molecule has 1 rings (SSSR count). The van der Waals surface area contributed by atoms with Crippen molar-refractivity contribution in [1.29, 1.82) is 5.26 Å². The number of nitrogens with zero attached hydrogens (tertiary/aromatic N) is 1. The van der Waals surface area contributed by atoms with E-state index in [1.54, 1.807) is 24.3 Å². The summed E-state index contributed by atoms with van der Waals surface area (Å²) >= 11 is 0. The van der Waals surface area contributed by atoms with Crippen molar-refractivity contribution in [2.45, 2.75) is 6.92 Å². The lowest BCUT2D eigenvalue weighted by Crippen LogP contribution is -2.19. The standard InChI is InChI=1S/C12H11FN2O/c1-9(16)15-6-2-3-10-4-5-12(13)11(7-10)8-14/h2-5,7H,6H2,1H3,(H,15,16). The van der Waals surface area contributed by atoms with Crippen molar-refractivity contribution >= 4 is 12.0 Å². The van der Waals surface area contributed by atoms with Gasteiger partial charge in [0.05, 0.1) is 5.56 Å². The Morgan fingerprint density at radius 2 is 2.38 bits per heavy atom. The minimum absolute atomic E-state index is 0.0154. The number of rotatable bonds is 3. The molecule has 1 N–H and O–H groups in total. The highest BCUT2D eigenvalue weighted by Crippen LogP contribution is 2.10. The number of carbonyl (C=O) groups is 1. The Bertz CT molecular complexity index is 461. The van der Waals surface area contributed by atoms with E-state index in [0.717, 1.165) is 5.56 Å². The predicted octanol–water partition coefficient (Wildman–Crippen LogP) is 1.85. The van der Waals surface area contributed by atoms with Gasteiger partial charge < -0.3 is 5.32 Å². The molecule has 0 aliphatic rings. The molecule has 0 bridgehead atoms. The highest BCUT2D eigenvalue weighted by atomic mass is 19.1. The second-order valence-corrected chi connectivity index (χ2v) is 3.19. The molecule has 0 fully saturated rings. The van der Waals surface area contributed by atoms with Gasteiger partial charge in [-0.2, -0.15) is 5.26 Å². The summed E-state index contributed by atoms with van der Waals surface area (Å²) in [5.41, 5.74) is 0.741. The first-order valence-corrected chi connectivity index (χ1v) is 4.74. The van der Waals surface area contributed by atoms with Crippen LogP contribution in [0.5, 0.6) is 0 Å². The van der Waals surface area contributed by atoms with Crippen molar-refractivity contribution < 1.29 is 9.18 Å². The molecular formula is C12H11FN2O. The topological polar surface area (TPSA) is 52.9 Å². The molecule has 4 heteroatoms. The first-order chi connectivity index (χ1) is 7.63. The Labute approximate surface area is 93.2 Å². The fourth-order valence-corrected chi connectivity index (χ4v) is 1.13. The molecule has 16 heavy (non-hydrogen) atoms. The van der Waals surface area contributed by atoms with Crippen molar-refractivity contribution in [3.63, 3.8) is 0 Å². The normalized spacial score (nSPS) is 10.1. The molecular weight excluding hydrogens is 207 g/mol. The molecule has 82 valence electrons. The Morgan fingerprint density at radius 1 is 1.62 bits per heavy atom. The number of halogens is 1. The quantitative estimate of drug-likeness (QED) is 0.841. The number of amides is 1. The number of carbonyl (C=O) groups excluding carboxylic acids is 1. The third kappa shape index (κ3) is 3.54. The fraction of sp³-hybridized carbons (Fsp3) is 0.167. The van der Waals surface area contributed by atoms with E-state index in [2.05, 4.69) is 5.32 Å². The molecule has 1 aromatic rings. The van der Waals surface area contributed by atoms with Crippen molar-refractivity contribution in [2.75, 3.05) is 6.54 Å². The summed E-state index contributed by atoms with van der Waals surface area (Å²) in [6.45, 7) is 1.84. The van der Waals surface area contributed by atoms with E-state index in [1.165, 1.54) is 19.1 Å². The molecule has 0 heterocycles. The molecule has 1 amide bonds. The molecule has 0 aliphatic carbocycles. The third-order valence-electron chi connectivity index (χ3n) is 1.89. The summed E-state index contributed by atoms with van der Waals surface area (Å²) in [5, 5.41) is 11.2. The lowest BCUT2D eigenvalue weighted by Gasteiger charge is -1.97. The van der Waals surface area contributed by atoms with Gasteiger partial charge in [0.1, 0.15) is 11.9 Å². The van der Waals surface area contributed by atoms with E-state index in [1.807, 2.05) is 0 Å². The van der Waals surface area contributed by atoms with Gasteiger partial charge in [-0.1, -0.05) is 18.2 Å². The number of nitriles is 1. The van der Waals surface area contributed by atoms with Crippen LogP contribution in [-0.2, 0) is 4.79 Å². The second kappa shape index (κ2) is 5.66. The Balaban J connectivity index is 2.68. The van der Waals surface area contributed by atoms with Gasteiger partial charge in [-0.05, 0) is 17.7 Å². The third-order valence-corrected chi connectivity index (χ3v) is 1.89. The Hall–Kier alpha value is -2.15. The molecule has 0 radical (unpaired) electrons. The summed E-state index contributed by atoms with van der Waals surface area (Å²) in [4.78, 5) is 10.6. The highest BCUT2D eigenvalue weighted by molar-refractivity contribution is 5.73. The highest BCUT2D eigenvalue weighted by Gasteiger charge is 2.00. The molecule has 1 aromatic carbocycles. The van der Waals surface area contributed by atoms with Crippen molar-refractivity contribution in [2.24, 2.45) is 0 Å². The maximum absolute atomic E-state index is 13.0. The zero-order valence-electron chi connectivity index (χ0n) is 8.83. The van der Waals surface area contributed by atoms with Gasteiger partial charge in [0.25, 0.3) is 0 Å². The average molecular weight is 218 g/mol. The van der Waals surface area contributed by atoms with Gasteiger partial charge in [0.15, 0.2) is 0 Å². The van der Waals surface area contributed by atoms with Gasteiger partial charge in [-0.3, -0.25) is 4.79 Å². The Morgan fingerprint density at radius 3 is 3.00 bits per heavy atom.